The zero-order valence-electron chi connectivity index (χ0n) is 11.4. The van der Waals surface area contributed by atoms with E-state index in [0.29, 0.717) is 5.69 Å². The first kappa shape index (κ1) is 43.4. The summed E-state index contributed by atoms with van der Waals surface area (Å²) in [7, 11) is 0. The van der Waals surface area contributed by atoms with Crippen LogP contribution in [0.3, 0.4) is 0 Å². The van der Waals surface area contributed by atoms with Gasteiger partial charge in [-0.2, -0.15) is 0 Å². The number of rotatable bonds is 0. The van der Waals surface area contributed by atoms with Gasteiger partial charge in [0.2, 0.25) is 0 Å². The van der Waals surface area contributed by atoms with Crippen molar-refractivity contribution < 1.29 is 147 Å². The van der Waals surface area contributed by atoms with Crippen molar-refractivity contribution in [1.29, 1.82) is 0 Å². The summed E-state index contributed by atoms with van der Waals surface area (Å²) >= 11 is 0. The number of benzene rings is 1. The summed E-state index contributed by atoms with van der Waals surface area (Å²) in [6.07, 6.45) is 0. The third kappa shape index (κ3) is 11.1. The Morgan fingerprint density at radius 1 is 0.421 bits per heavy atom. The third-order valence-corrected chi connectivity index (χ3v) is 3.00. The maximum atomic E-state index is 7.82. The van der Waals surface area contributed by atoms with Gasteiger partial charge < -0.3 is 5.73 Å². The normalized spacial score (nSPS) is 6.58. The Morgan fingerprint density at radius 2 is 0.579 bits per heavy atom. The Bertz CT molecular complexity index is 237. The molecule has 0 fully saturated rings. The van der Waals surface area contributed by atoms with Crippen molar-refractivity contribution in [3.8, 4) is 0 Å². The summed E-state index contributed by atoms with van der Waals surface area (Å²) in [6, 6.07) is 0. The summed E-state index contributed by atoms with van der Waals surface area (Å²) < 4.78 is 0. The van der Waals surface area contributed by atoms with E-state index in [1.165, 1.54) is 16.7 Å². The van der Waals surface area contributed by atoms with E-state index in [9.17, 15) is 0 Å². The first-order valence-corrected chi connectivity index (χ1v) is 4.25. The average molecular weight is 1450 g/mol. The Kier molecular flexibility index (Phi) is 45.4. The van der Waals surface area contributed by atoms with Crippen LogP contribution >= 0.6 is 0 Å². The second-order valence-electron chi connectivity index (χ2n) is 3.50. The van der Waals surface area contributed by atoms with Crippen LogP contribution in [0.4, 0.5) is 5.69 Å². The molecular weight excluding hydrogens is 1430 g/mol. The fourth-order valence-corrected chi connectivity index (χ4v) is 1.50. The molecule has 0 unspecified atom stereocenters. The van der Waals surface area contributed by atoms with Crippen LogP contribution in [0, 0.1) is 34.6 Å². The van der Waals surface area contributed by atoms with Crippen molar-refractivity contribution in [1.82, 2.24) is 0 Å². The average Bonchev–Trinajstić information content (AvgIpc) is 2.08. The van der Waals surface area contributed by atoms with Gasteiger partial charge in [-0.15, -0.1) is 5.69 Å². The Labute approximate surface area is 217 Å². The second kappa shape index (κ2) is 19.9. The predicted molar refractivity (Wildman–Crippen MR) is 54.1 cm³/mol. The molecule has 0 spiro atoms. The van der Waals surface area contributed by atoms with Crippen molar-refractivity contribution in [2.45, 2.75) is 34.6 Å². The number of nitrogens with one attached hydrogen (secondary N) is 1. The van der Waals surface area contributed by atoms with Crippen LogP contribution in [0.15, 0.2) is 0 Å². The predicted octanol–water partition coefficient (Wildman–Crippen LogP) is 3.89. The molecule has 0 aliphatic rings. The van der Waals surface area contributed by atoms with E-state index in [-0.39, 0.29) is 147 Å². The molecular formula is C11H16NW7-. The van der Waals surface area contributed by atoms with E-state index in [4.69, 9.17) is 5.73 Å². The largest absolute Gasteiger partial charge is 0.698 e. The number of hydrogen-bond acceptors (Lipinski definition) is 0. The molecule has 0 aromatic heterocycles. The van der Waals surface area contributed by atoms with Gasteiger partial charge in [-0.25, -0.2) is 0 Å². The van der Waals surface area contributed by atoms with Gasteiger partial charge in [0, 0.05) is 147 Å². The minimum atomic E-state index is 0. The van der Waals surface area contributed by atoms with Crippen LogP contribution in [-0.4, -0.2) is 0 Å². The van der Waals surface area contributed by atoms with Crippen LogP contribution in [0.2, 0.25) is 0 Å². The van der Waals surface area contributed by atoms with E-state index >= 15 is 0 Å². The molecule has 0 radical (unpaired) electrons. The molecule has 1 N–H and O–H groups in total. The fraction of sp³-hybridized carbons (Fsp3) is 0.455. The molecule has 1 rings (SSSR count). The topological polar surface area (TPSA) is 23.8 Å². The smallest absolute Gasteiger partial charge is 0 e. The summed E-state index contributed by atoms with van der Waals surface area (Å²) in [5.74, 6) is 0. The van der Waals surface area contributed by atoms with Gasteiger partial charge in [-0.3, -0.25) is 0 Å². The van der Waals surface area contributed by atoms with Gasteiger partial charge in [0.1, 0.15) is 0 Å². The quantitative estimate of drug-likeness (QED) is 0.377. The van der Waals surface area contributed by atoms with Crippen molar-refractivity contribution in [3.63, 3.8) is 0 Å². The summed E-state index contributed by atoms with van der Waals surface area (Å²) in [5.41, 5.74) is 14.6. The van der Waals surface area contributed by atoms with Gasteiger partial charge in [-0.05, 0) is 51.3 Å². The van der Waals surface area contributed by atoms with Crippen molar-refractivity contribution in [2.24, 2.45) is 0 Å². The molecule has 0 bridgehead atoms. The molecule has 0 saturated carbocycles. The zero-order valence-corrected chi connectivity index (χ0v) is 31.9. The molecule has 8 heteroatoms. The van der Waals surface area contributed by atoms with E-state index in [1.54, 1.807) is 0 Å². The molecule has 1 aromatic rings. The van der Waals surface area contributed by atoms with Gasteiger partial charge in [0.05, 0.1) is 0 Å². The summed E-state index contributed by atoms with van der Waals surface area (Å²) in [5, 5.41) is 0. The van der Waals surface area contributed by atoms with E-state index in [0.717, 1.165) is 11.1 Å². The maximum Gasteiger partial charge on any atom is 0 e. The summed E-state index contributed by atoms with van der Waals surface area (Å²) in [6.45, 7) is 10.4. The van der Waals surface area contributed by atoms with Gasteiger partial charge in [0.25, 0.3) is 0 Å². The molecule has 108 valence electrons. The second-order valence-corrected chi connectivity index (χ2v) is 3.50. The first-order chi connectivity index (χ1) is 5.46. The zero-order chi connectivity index (χ0) is 9.46. The van der Waals surface area contributed by atoms with Gasteiger partial charge in [-0.1, -0.05) is 11.1 Å². The maximum absolute atomic E-state index is 7.82. The van der Waals surface area contributed by atoms with Crippen LogP contribution in [0.1, 0.15) is 27.8 Å². The molecule has 0 saturated heterocycles. The van der Waals surface area contributed by atoms with Crippen LogP contribution in [0.25, 0.3) is 5.73 Å². The molecule has 0 atom stereocenters. The summed E-state index contributed by atoms with van der Waals surface area (Å²) in [4.78, 5) is 0. The minimum Gasteiger partial charge on any atom is -0.698 e. The monoisotopic (exact) mass is 1450 g/mol. The standard InChI is InChI=1S/C11H16N.7W/c1-6-7(2)9(4)11(12)10(5)8(6)3;;;;;;;/h12H,1-5H3;;;;;;;/q-1;;;;;;;. The molecule has 0 aliphatic heterocycles. The van der Waals surface area contributed by atoms with E-state index in [1.807, 2.05) is 13.8 Å². The van der Waals surface area contributed by atoms with Crippen LogP contribution in [-0.2, 0) is 147 Å². The Hall–Kier alpha value is 3.84. The number of hydrogen-bond donors (Lipinski definition) is 0. The van der Waals surface area contributed by atoms with E-state index in [2.05, 4.69) is 20.8 Å². The van der Waals surface area contributed by atoms with Gasteiger partial charge in [0.15, 0.2) is 0 Å². The van der Waals surface area contributed by atoms with Crippen molar-refractivity contribution >= 4 is 5.69 Å². The van der Waals surface area contributed by atoms with Crippen LogP contribution in [0.5, 0.6) is 0 Å². The fourth-order valence-electron chi connectivity index (χ4n) is 1.50. The SMILES string of the molecule is Cc1c(C)c(C)c([NH-])c(C)c1C.[W].[W].[W].[W].[W].[W].[W]. The molecule has 0 aliphatic carbocycles. The minimum absolute atomic E-state index is 0. The molecule has 1 nitrogen and oxygen atoms in total. The van der Waals surface area contributed by atoms with Crippen molar-refractivity contribution in [2.75, 3.05) is 0 Å². The Balaban J connectivity index is -0.0000000411. The van der Waals surface area contributed by atoms with Crippen LogP contribution < -0.4 is 0 Å². The molecule has 19 heavy (non-hydrogen) atoms. The van der Waals surface area contributed by atoms with E-state index < -0.39 is 0 Å². The Morgan fingerprint density at radius 3 is 0.789 bits per heavy atom. The molecule has 1 aromatic carbocycles. The molecule has 0 amide bonds. The van der Waals surface area contributed by atoms with Gasteiger partial charge >= 0.3 is 0 Å². The third-order valence-electron chi connectivity index (χ3n) is 3.00. The first-order valence-electron chi connectivity index (χ1n) is 4.25. The van der Waals surface area contributed by atoms with Crippen molar-refractivity contribution in [3.05, 3.63) is 33.6 Å². The molecule has 0 heterocycles.